The number of aliphatic hydroxyl groups is 1. The summed E-state index contributed by atoms with van der Waals surface area (Å²) in [6.07, 6.45) is 0.966. The zero-order chi connectivity index (χ0) is 12.1. The number of hydrogen-bond acceptors (Lipinski definition) is 2. The Morgan fingerprint density at radius 2 is 2.12 bits per heavy atom. The van der Waals surface area contributed by atoms with Crippen molar-refractivity contribution in [2.45, 2.75) is 26.3 Å². The second-order valence-electron chi connectivity index (χ2n) is 4.12. The highest BCUT2D eigenvalue weighted by molar-refractivity contribution is 9.10. The number of aryl methyl sites for hydroxylation is 1. The summed E-state index contributed by atoms with van der Waals surface area (Å²) in [4.78, 5) is 0. The molecule has 1 aromatic carbocycles. The third-order valence-corrected chi connectivity index (χ3v) is 3.61. The lowest BCUT2D eigenvalue weighted by Crippen LogP contribution is -2.28. The third kappa shape index (κ3) is 3.06. The van der Waals surface area contributed by atoms with Gasteiger partial charge in [-0.05, 0) is 43.7 Å². The maximum Gasteiger partial charge on any atom is 0.0477 e. The van der Waals surface area contributed by atoms with Crippen LogP contribution in [0.5, 0.6) is 0 Å². The lowest BCUT2D eigenvalue weighted by molar-refractivity contribution is 0.189. The molecule has 0 bridgehead atoms. The first-order valence-electron chi connectivity index (χ1n) is 5.68. The third-order valence-electron chi connectivity index (χ3n) is 3.12. The van der Waals surface area contributed by atoms with E-state index in [1.165, 1.54) is 11.1 Å². The molecule has 1 aromatic rings. The minimum Gasteiger partial charge on any atom is -0.396 e. The first kappa shape index (κ1) is 13.7. The Morgan fingerprint density at radius 1 is 1.44 bits per heavy atom. The molecule has 0 heterocycles. The Labute approximate surface area is 106 Å². The SMILES string of the molecule is CCC(CO)C(NC)c1cc(Br)ccc1C. The predicted molar refractivity (Wildman–Crippen MR) is 71.5 cm³/mol. The van der Waals surface area contributed by atoms with Crippen molar-refractivity contribution in [3.63, 3.8) is 0 Å². The molecule has 0 aromatic heterocycles. The molecule has 3 heteroatoms. The average molecular weight is 286 g/mol. The molecule has 0 radical (unpaired) electrons. The number of benzene rings is 1. The van der Waals surface area contributed by atoms with Gasteiger partial charge in [0.15, 0.2) is 0 Å². The van der Waals surface area contributed by atoms with E-state index in [2.05, 4.69) is 47.2 Å². The molecular weight excluding hydrogens is 266 g/mol. The Balaban J connectivity index is 3.06. The first-order valence-corrected chi connectivity index (χ1v) is 6.47. The van der Waals surface area contributed by atoms with Crippen molar-refractivity contribution in [2.24, 2.45) is 5.92 Å². The second kappa shape index (κ2) is 6.38. The van der Waals surface area contributed by atoms with Crippen LogP contribution in [0.4, 0.5) is 0 Å². The van der Waals surface area contributed by atoms with Crippen molar-refractivity contribution in [3.05, 3.63) is 33.8 Å². The van der Waals surface area contributed by atoms with Crippen LogP contribution >= 0.6 is 15.9 Å². The van der Waals surface area contributed by atoms with Gasteiger partial charge in [-0.1, -0.05) is 28.9 Å². The minimum atomic E-state index is 0.215. The van der Waals surface area contributed by atoms with Crippen molar-refractivity contribution in [2.75, 3.05) is 13.7 Å². The van der Waals surface area contributed by atoms with Crippen LogP contribution < -0.4 is 5.32 Å². The molecular formula is C13H20BrNO. The lowest BCUT2D eigenvalue weighted by atomic mass is 9.89. The van der Waals surface area contributed by atoms with Gasteiger partial charge in [0.2, 0.25) is 0 Å². The summed E-state index contributed by atoms with van der Waals surface area (Å²) in [5.74, 6) is 0.262. The van der Waals surface area contributed by atoms with Crippen molar-refractivity contribution in [1.82, 2.24) is 5.32 Å². The minimum absolute atomic E-state index is 0.215. The molecule has 0 fully saturated rings. The Hall–Kier alpha value is -0.380. The van der Waals surface area contributed by atoms with Crippen molar-refractivity contribution < 1.29 is 5.11 Å². The normalized spacial score (nSPS) is 14.8. The van der Waals surface area contributed by atoms with Crippen LogP contribution in [0, 0.1) is 12.8 Å². The standard InChI is InChI=1S/C13H20BrNO/c1-4-10(8-16)13(15-3)12-7-11(14)6-5-9(12)2/h5-7,10,13,15-16H,4,8H2,1-3H3. The van der Waals surface area contributed by atoms with Crippen LogP contribution in [0.2, 0.25) is 0 Å². The summed E-state index contributed by atoms with van der Waals surface area (Å²) in [5, 5.41) is 12.7. The summed E-state index contributed by atoms with van der Waals surface area (Å²) in [5.41, 5.74) is 2.52. The van der Waals surface area contributed by atoms with E-state index < -0.39 is 0 Å². The largest absolute Gasteiger partial charge is 0.396 e. The van der Waals surface area contributed by atoms with E-state index in [0.717, 1.165) is 10.9 Å². The fourth-order valence-corrected chi connectivity index (χ4v) is 2.44. The highest BCUT2D eigenvalue weighted by Gasteiger charge is 2.21. The van der Waals surface area contributed by atoms with E-state index in [1.807, 2.05) is 13.1 Å². The number of rotatable bonds is 5. The fraction of sp³-hybridized carbons (Fsp3) is 0.538. The van der Waals surface area contributed by atoms with E-state index in [1.54, 1.807) is 0 Å². The molecule has 0 aliphatic carbocycles. The van der Waals surface area contributed by atoms with Crippen LogP contribution in [-0.2, 0) is 0 Å². The van der Waals surface area contributed by atoms with Gasteiger partial charge in [0.05, 0.1) is 0 Å². The van der Waals surface area contributed by atoms with Gasteiger partial charge in [-0.25, -0.2) is 0 Å². The average Bonchev–Trinajstić information content (AvgIpc) is 2.29. The van der Waals surface area contributed by atoms with Crippen LogP contribution in [0.15, 0.2) is 22.7 Å². The van der Waals surface area contributed by atoms with E-state index in [9.17, 15) is 5.11 Å². The molecule has 0 spiro atoms. The van der Waals surface area contributed by atoms with Crippen LogP contribution in [-0.4, -0.2) is 18.8 Å². The van der Waals surface area contributed by atoms with Gasteiger partial charge in [0.25, 0.3) is 0 Å². The monoisotopic (exact) mass is 285 g/mol. The predicted octanol–water partition coefficient (Wildman–Crippen LogP) is 3.04. The number of aliphatic hydroxyl groups excluding tert-OH is 1. The Morgan fingerprint density at radius 3 is 2.62 bits per heavy atom. The van der Waals surface area contributed by atoms with Gasteiger partial charge in [-0.2, -0.15) is 0 Å². The second-order valence-corrected chi connectivity index (χ2v) is 5.03. The maximum atomic E-state index is 9.40. The zero-order valence-corrected chi connectivity index (χ0v) is 11.7. The van der Waals surface area contributed by atoms with Crippen molar-refractivity contribution in [3.8, 4) is 0 Å². The first-order chi connectivity index (χ1) is 7.63. The molecule has 0 saturated heterocycles. The summed E-state index contributed by atoms with van der Waals surface area (Å²) in [6, 6.07) is 6.50. The molecule has 2 N–H and O–H groups in total. The van der Waals surface area contributed by atoms with Crippen molar-refractivity contribution in [1.29, 1.82) is 0 Å². The molecule has 2 unspecified atom stereocenters. The van der Waals surface area contributed by atoms with E-state index in [0.29, 0.717) is 0 Å². The quantitative estimate of drug-likeness (QED) is 0.872. The Kier molecular flexibility index (Phi) is 5.46. The molecule has 2 atom stereocenters. The van der Waals surface area contributed by atoms with E-state index >= 15 is 0 Å². The fourth-order valence-electron chi connectivity index (χ4n) is 2.06. The maximum absolute atomic E-state index is 9.40. The number of hydrogen-bond donors (Lipinski definition) is 2. The van der Waals surface area contributed by atoms with Gasteiger partial charge < -0.3 is 10.4 Å². The van der Waals surface area contributed by atoms with E-state index in [-0.39, 0.29) is 18.6 Å². The highest BCUT2D eigenvalue weighted by Crippen LogP contribution is 2.28. The van der Waals surface area contributed by atoms with E-state index in [4.69, 9.17) is 0 Å². The molecule has 0 aliphatic rings. The van der Waals surface area contributed by atoms with Gasteiger partial charge in [-0.3, -0.25) is 0 Å². The van der Waals surface area contributed by atoms with Crippen molar-refractivity contribution >= 4 is 15.9 Å². The van der Waals surface area contributed by atoms with Gasteiger partial charge in [0, 0.05) is 23.0 Å². The molecule has 16 heavy (non-hydrogen) atoms. The van der Waals surface area contributed by atoms with Crippen LogP contribution in [0.1, 0.15) is 30.5 Å². The molecule has 1 rings (SSSR count). The number of halogens is 1. The topological polar surface area (TPSA) is 32.3 Å². The zero-order valence-electron chi connectivity index (χ0n) is 10.1. The molecule has 0 amide bonds. The highest BCUT2D eigenvalue weighted by atomic mass is 79.9. The van der Waals surface area contributed by atoms with Crippen LogP contribution in [0.3, 0.4) is 0 Å². The summed E-state index contributed by atoms with van der Waals surface area (Å²) < 4.78 is 1.08. The van der Waals surface area contributed by atoms with Gasteiger partial charge >= 0.3 is 0 Å². The summed E-state index contributed by atoms with van der Waals surface area (Å²) >= 11 is 3.50. The Bertz CT molecular complexity index is 337. The van der Waals surface area contributed by atoms with Gasteiger partial charge in [0.1, 0.15) is 0 Å². The van der Waals surface area contributed by atoms with Gasteiger partial charge in [-0.15, -0.1) is 0 Å². The molecule has 0 aliphatic heterocycles. The molecule has 2 nitrogen and oxygen atoms in total. The summed E-state index contributed by atoms with van der Waals surface area (Å²) in [7, 11) is 1.95. The summed E-state index contributed by atoms with van der Waals surface area (Å²) in [6.45, 7) is 4.43. The molecule has 0 saturated carbocycles. The smallest absolute Gasteiger partial charge is 0.0477 e. The van der Waals surface area contributed by atoms with Crippen LogP contribution in [0.25, 0.3) is 0 Å². The number of nitrogens with one attached hydrogen (secondary N) is 1. The lowest BCUT2D eigenvalue weighted by Gasteiger charge is -2.26. The molecule has 90 valence electrons.